The summed E-state index contributed by atoms with van der Waals surface area (Å²) >= 11 is 19.2. The number of aliphatic hydroxyl groups excluding tert-OH is 3. The highest BCUT2D eigenvalue weighted by atomic mass is 35.5. The SMILES string of the molecule is CCCC[C@@H]1[C@@H](C)C/C=C\[C@@H](O)[C@@H]2CC[C@H]2CN2C[C@@]3(CCCc4cc(Cl)ccc43)COc3ccc(cc32)C(=O)NS1(=O)=O.CCCC[C@@H]1[C@H](C)C/C=C/[C@H](O)[C@@H]2CC[C@H]2CN2C[C@@]3(CCCc4cc(Cl)ccc43)COc3ccc(cc32)C(=O)NS1(=O)=O.CCCC[C@H]1[C@H](C)C/C=C\[C@H](O)[C@@H]2CC[C@H]2CN2C[C@@]3(CCCc4cc(Cl)ccc43)COc3ccc(cc32)C(=O)NS1(=O)=O. The first-order valence-corrected chi connectivity index (χ1v) is 54.7. The van der Waals surface area contributed by atoms with Crippen molar-refractivity contribution in [3.63, 3.8) is 0 Å². The van der Waals surface area contributed by atoms with Gasteiger partial charge in [-0.15, -0.1) is 0 Å². The number of nitrogens with zero attached hydrogens (tertiary/aromatic N) is 3. The van der Waals surface area contributed by atoms with Gasteiger partial charge in [-0.1, -0.05) is 170 Å². The second-order valence-corrected chi connectivity index (χ2v) is 47.7. The van der Waals surface area contributed by atoms with Gasteiger partial charge in [0, 0.05) is 87.3 Å². The van der Waals surface area contributed by atoms with Crippen LogP contribution in [0.1, 0.15) is 260 Å². The quantitative estimate of drug-likeness (QED) is 0.0733. The molecule has 6 aromatic rings. The maximum atomic E-state index is 13.6. The largest absolute Gasteiger partial charge is 0.490 e. The molecule has 27 heteroatoms. The minimum absolute atomic E-state index is 0.126. The van der Waals surface area contributed by atoms with Crippen molar-refractivity contribution in [3.8, 4) is 17.2 Å². The summed E-state index contributed by atoms with van der Waals surface area (Å²) in [6, 6.07) is 34.4. The van der Waals surface area contributed by atoms with Gasteiger partial charge in [-0.3, -0.25) is 14.4 Å². The van der Waals surface area contributed by atoms with Crippen LogP contribution in [0.2, 0.25) is 15.1 Å². The van der Waals surface area contributed by atoms with E-state index in [4.69, 9.17) is 49.0 Å². The Morgan fingerprint density at radius 3 is 0.932 bits per heavy atom. The van der Waals surface area contributed by atoms with Gasteiger partial charge >= 0.3 is 0 Å². The predicted molar refractivity (Wildman–Crippen MR) is 525 cm³/mol. The standard InChI is InChI=1S/3C35H45ClN2O5S/c3*1-3-4-10-33-23(2)7-5-9-31(39)28-14-11-26(28)20-38-21-35(17-6-8-24-18-27(36)13-15-29(24)35)22-43-32-16-12-25(19-30(32)38)34(40)37-44(33,41)42/h3*5,9,12-13,15-16,18-19,23,26,28,31,33,39H,3-4,6-8,10-11,14,17,20-22H2,1-2H3,(H,37,40)/b9-5+;2*9-5-/t23-,26+,28-,31+,33-,35+;23-,26+,28-,31+,33+,35+;23-,26-,28+,31+,33+,35-/m110/s1. The molecule has 0 radical (unpaired) electrons. The molecule has 3 spiro atoms. The van der Waals surface area contributed by atoms with Crippen LogP contribution in [-0.2, 0) is 65.6 Å². The van der Waals surface area contributed by atoms with Gasteiger partial charge in [-0.25, -0.2) is 39.4 Å². The fraction of sp³-hybridized carbons (Fsp3) is 0.571. The lowest BCUT2D eigenvalue weighted by atomic mass is 9.68. The van der Waals surface area contributed by atoms with Crippen molar-refractivity contribution < 1.29 is 69.2 Å². The molecular formula is C105H135Cl3N6O15S3. The number of nitrogens with one attached hydrogen (secondary N) is 3. The minimum atomic E-state index is -3.94. The van der Waals surface area contributed by atoms with E-state index in [2.05, 4.69) is 65.3 Å². The molecule has 18 rings (SSSR count). The normalized spacial score (nSPS) is 32.3. The number of aryl methyl sites for hydroxylation is 3. The number of fused-ring (bicyclic) bond motifs is 12. The van der Waals surface area contributed by atoms with Crippen molar-refractivity contribution in [1.29, 1.82) is 0 Å². The van der Waals surface area contributed by atoms with E-state index in [1.54, 1.807) is 36.4 Å². The van der Waals surface area contributed by atoms with Crippen LogP contribution >= 0.6 is 34.8 Å². The van der Waals surface area contributed by atoms with Crippen molar-refractivity contribution >= 4 is 99.7 Å². The molecule has 0 unspecified atom stereocenters. The number of benzene rings is 6. The second kappa shape index (κ2) is 41.3. The number of sulfonamides is 3. The van der Waals surface area contributed by atoms with Gasteiger partial charge in [0.1, 0.15) is 17.2 Å². The van der Waals surface area contributed by atoms with E-state index < -0.39 is 81.9 Å². The lowest BCUT2D eigenvalue weighted by Crippen LogP contribution is -2.49. The lowest BCUT2D eigenvalue weighted by molar-refractivity contribution is 0.0454. The molecular weight excluding hydrogens is 1790 g/mol. The van der Waals surface area contributed by atoms with Crippen LogP contribution in [0.5, 0.6) is 17.2 Å². The Kier molecular flexibility index (Phi) is 30.5. The summed E-state index contributed by atoms with van der Waals surface area (Å²) in [5.74, 6) is 0.835. The fourth-order valence-corrected chi connectivity index (χ4v) is 29.6. The number of ether oxygens (including phenoxy) is 3. The molecule has 21 nitrogen and oxygen atoms in total. The second-order valence-electron chi connectivity index (χ2n) is 40.7. The van der Waals surface area contributed by atoms with Gasteiger partial charge in [0.2, 0.25) is 30.1 Å². The molecule has 0 aromatic heterocycles. The Morgan fingerprint density at radius 2 is 0.674 bits per heavy atom. The zero-order valence-corrected chi connectivity index (χ0v) is 82.1. The third-order valence-electron chi connectivity index (χ3n) is 31.9. The van der Waals surface area contributed by atoms with E-state index in [9.17, 15) is 55.0 Å². The van der Waals surface area contributed by atoms with E-state index in [-0.39, 0.29) is 69.5 Å². The number of halogens is 3. The van der Waals surface area contributed by atoms with E-state index in [0.717, 1.165) is 187 Å². The number of aliphatic hydroxyl groups is 3. The highest BCUT2D eigenvalue weighted by molar-refractivity contribution is 7.91. The van der Waals surface area contributed by atoms with Crippen LogP contribution in [0.15, 0.2) is 146 Å². The number of hydrogen-bond acceptors (Lipinski definition) is 18. The topological polar surface area (TPSA) is 288 Å². The molecule has 6 aliphatic heterocycles. The number of rotatable bonds is 9. The van der Waals surface area contributed by atoms with Gasteiger partial charge in [-0.05, 0) is 312 Å². The fourth-order valence-electron chi connectivity index (χ4n) is 23.9. The Balaban J connectivity index is 0.000000144. The molecule has 12 aliphatic rings. The van der Waals surface area contributed by atoms with Gasteiger partial charge in [0.25, 0.3) is 17.7 Å². The third-order valence-corrected chi connectivity index (χ3v) is 38.5. The van der Waals surface area contributed by atoms with Gasteiger partial charge in [0.15, 0.2) is 0 Å². The van der Waals surface area contributed by atoms with Crippen LogP contribution in [0.3, 0.4) is 0 Å². The Labute approximate surface area is 797 Å². The van der Waals surface area contributed by atoms with Crippen molar-refractivity contribution in [2.24, 2.45) is 53.3 Å². The summed E-state index contributed by atoms with van der Waals surface area (Å²) in [7, 11) is -11.8. The maximum absolute atomic E-state index is 13.6. The van der Waals surface area contributed by atoms with Crippen molar-refractivity contribution in [2.75, 3.05) is 73.8 Å². The Morgan fingerprint density at radius 1 is 0.394 bits per heavy atom. The van der Waals surface area contributed by atoms with E-state index in [1.807, 2.05) is 114 Å². The Hall–Kier alpha value is -7.65. The molecule has 6 N–H and O–H groups in total. The molecule has 18 atom stereocenters. The number of hydrogen-bond donors (Lipinski definition) is 6. The third kappa shape index (κ3) is 21.1. The molecule has 3 fully saturated rings. The molecule has 6 aliphatic carbocycles. The summed E-state index contributed by atoms with van der Waals surface area (Å²) in [5, 5.41) is 33.8. The zero-order chi connectivity index (χ0) is 93.2. The van der Waals surface area contributed by atoms with Crippen LogP contribution < -0.4 is 43.1 Å². The van der Waals surface area contributed by atoms with Gasteiger partial charge < -0.3 is 44.2 Å². The minimum Gasteiger partial charge on any atom is -0.490 e. The average molecular weight is 1920 g/mol. The lowest BCUT2D eigenvalue weighted by Gasteiger charge is -2.45. The Bertz CT molecular complexity index is 5120. The highest BCUT2D eigenvalue weighted by Crippen LogP contribution is 2.53. The molecule has 132 heavy (non-hydrogen) atoms. The summed E-state index contributed by atoms with van der Waals surface area (Å²) < 4.78 is 109. The predicted octanol–water partition coefficient (Wildman–Crippen LogP) is 19.2. The first kappa shape index (κ1) is 97.4. The van der Waals surface area contributed by atoms with Crippen LogP contribution in [0, 0.1) is 53.3 Å². The molecule has 3 saturated carbocycles. The van der Waals surface area contributed by atoms with Crippen molar-refractivity contribution in [3.05, 3.63) is 211 Å². The molecule has 6 bridgehead atoms. The number of unbranched alkanes of at least 4 members (excludes halogenated alkanes) is 3. The first-order chi connectivity index (χ1) is 63.3. The average Bonchev–Trinajstić information content (AvgIpc) is 1.45. The molecule has 0 saturated heterocycles. The van der Waals surface area contributed by atoms with Gasteiger partial charge in [-0.2, -0.15) is 0 Å². The highest BCUT2D eigenvalue weighted by Gasteiger charge is 2.50. The summed E-state index contributed by atoms with van der Waals surface area (Å²) in [6.45, 7) is 17.6. The van der Waals surface area contributed by atoms with Crippen LogP contribution in [0.4, 0.5) is 17.1 Å². The number of anilines is 3. The zero-order valence-electron chi connectivity index (χ0n) is 77.4. The molecule has 6 aromatic carbocycles. The number of carbonyl (C=O) groups excluding carboxylic acids is 3. The smallest absolute Gasteiger partial charge is 0.264 e. The van der Waals surface area contributed by atoms with E-state index in [1.165, 1.54) is 33.4 Å². The number of allylic oxidation sites excluding steroid dienone is 3. The monoisotopic (exact) mass is 1920 g/mol. The summed E-state index contributed by atoms with van der Waals surface area (Å²) in [4.78, 5) is 47.7. The number of amides is 3. The molecule has 6 heterocycles. The summed E-state index contributed by atoms with van der Waals surface area (Å²) in [6.07, 6.45) is 32.3. The van der Waals surface area contributed by atoms with Gasteiger partial charge in [0.05, 0.1) is 70.9 Å². The molecule has 3 amide bonds. The van der Waals surface area contributed by atoms with E-state index >= 15 is 0 Å². The first-order valence-electron chi connectivity index (χ1n) is 48.9. The molecule has 714 valence electrons. The van der Waals surface area contributed by atoms with Crippen LogP contribution in [-0.4, -0.2) is 151 Å². The maximum Gasteiger partial charge on any atom is 0.264 e. The van der Waals surface area contributed by atoms with Crippen molar-refractivity contribution in [2.45, 2.75) is 265 Å². The summed E-state index contributed by atoms with van der Waals surface area (Å²) in [5.41, 5.74) is 10.1. The number of carbonyl (C=O) groups is 3. The van der Waals surface area contributed by atoms with Crippen LogP contribution in [0.25, 0.3) is 0 Å². The van der Waals surface area contributed by atoms with E-state index in [0.29, 0.717) is 112 Å². The van der Waals surface area contributed by atoms with Crippen molar-refractivity contribution in [1.82, 2.24) is 14.2 Å².